The summed E-state index contributed by atoms with van der Waals surface area (Å²) in [6.45, 7) is 6.72. The van der Waals surface area contributed by atoms with Gasteiger partial charge in [-0.15, -0.1) is 0 Å². The van der Waals surface area contributed by atoms with Gasteiger partial charge >= 0.3 is 0 Å². The van der Waals surface area contributed by atoms with Gasteiger partial charge in [0.05, 0.1) is 11.5 Å². The smallest absolute Gasteiger partial charge is 0.152 e. The highest BCUT2D eigenvalue weighted by molar-refractivity contribution is 7.91. The summed E-state index contributed by atoms with van der Waals surface area (Å²) in [4.78, 5) is 0. The maximum absolute atomic E-state index is 11.6. The Balaban J connectivity index is 1.90. The Labute approximate surface area is 105 Å². The molecule has 2 rings (SSSR count). The van der Waals surface area contributed by atoms with E-state index in [9.17, 15) is 8.42 Å². The maximum Gasteiger partial charge on any atom is 0.152 e. The fourth-order valence-electron chi connectivity index (χ4n) is 3.16. The lowest BCUT2D eigenvalue weighted by Crippen LogP contribution is -2.50. The Bertz CT molecular complexity index is 378. The van der Waals surface area contributed by atoms with Crippen LogP contribution in [0.5, 0.6) is 0 Å². The lowest BCUT2D eigenvalue weighted by atomic mass is 9.75. The molecular formula is C13H25NO2S. The van der Waals surface area contributed by atoms with Gasteiger partial charge in [-0.1, -0.05) is 13.8 Å². The summed E-state index contributed by atoms with van der Waals surface area (Å²) >= 11 is 0. The molecule has 0 bridgehead atoms. The van der Waals surface area contributed by atoms with E-state index < -0.39 is 9.84 Å². The molecule has 0 aromatic heterocycles. The average molecular weight is 259 g/mol. The first kappa shape index (κ1) is 13.3. The van der Waals surface area contributed by atoms with Gasteiger partial charge in [-0.3, -0.25) is 0 Å². The van der Waals surface area contributed by atoms with Crippen molar-refractivity contribution in [1.29, 1.82) is 0 Å². The molecule has 2 fully saturated rings. The Morgan fingerprint density at radius 3 is 2.12 bits per heavy atom. The van der Waals surface area contributed by atoms with Gasteiger partial charge in [-0.05, 0) is 44.4 Å². The molecule has 1 saturated heterocycles. The van der Waals surface area contributed by atoms with Crippen molar-refractivity contribution in [3.63, 3.8) is 0 Å². The van der Waals surface area contributed by atoms with E-state index in [2.05, 4.69) is 26.1 Å². The summed E-state index contributed by atoms with van der Waals surface area (Å²) < 4.78 is 23.1. The standard InChI is InChI=1S/C13H25NO2S/c1-12(2)6-4-11(5-7-12)14-13(3)8-9-17(15,16)10-13/h11,14H,4-10H2,1-3H3. The molecule has 0 aromatic carbocycles. The van der Waals surface area contributed by atoms with Gasteiger partial charge in [0.15, 0.2) is 9.84 Å². The topological polar surface area (TPSA) is 46.2 Å². The van der Waals surface area contributed by atoms with E-state index in [1.54, 1.807) is 0 Å². The van der Waals surface area contributed by atoms with E-state index in [4.69, 9.17) is 0 Å². The fourth-order valence-corrected chi connectivity index (χ4v) is 5.26. The highest BCUT2D eigenvalue weighted by atomic mass is 32.2. The van der Waals surface area contributed by atoms with Crippen LogP contribution in [-0.2, 0) is 9.84 Å². The average Bonchev–Trinajstić information content (AvgIpc) is 2.45. The monoisotopic (exact) mass is 259 g/mol. The van der Waals surface area contributed by atoms with Crippen LogP contribution in [0.15, 0.2) is 0 Å². The summed E-state index contributed by atoms with van der Waals surface area (Å²) in [5.74, 6) is 0.675. The summed E-state index contributed by atoms with van der Waals surface area (Å²) in [6, 6.07) is 0.515. The molecular weight excluding hydrogens is 234 g/mol. The van der Waals surface area contributed by atoms with Crippen molar-refractivity contribution in [2.45, 2.75) is 64.5 Å². The van der Waals surface area contributed by atoms with E-state index in [1.165, 1.54) is 25.7 Å². The number of hydrogen-bond donors (Lipinski definition) is 1. The normalized spacial score (nSPS) is 37.1. The molecule has 1 atom stereocenters. The summed E-state index contributed by atoms with van der Waals surface area (Å²) in [6.07, 6.45) is 5.63. The van der Waals surface area contributed by atoms with Crippen molar-refractivity contribution < 1.29 is 8.42 Å². The number of nitrogens with one attached hydrogen (secondary N) is 1. The first-order valence-electron chi connectivity index (χ1n) is 6.68. The van der Waals surface area contributed by atoms with Crippen LogP contribution in [0.3, 0.4) is 0 Å². The molecule has 1 aliphatic carbocycles. The van der Waals surface area contributed by atoms with Crippen molar-refractivity contribution in [3.8, 4) is 0 Å². The number of sulfone groups is 1. The Morgan fingerprint density at radius 1 is 1.06 bits per heavy atom. The van der Waals surface area contributed by atoms with Crippen LogP contribution < -0.4 is 5.32 Å². The molecule has 1 aliphatic heterocycles. The molecule has 0 aromatic rings. The lowest BCUT2D eigenvalue weighted by molar-refractivity contribution is 0.184. The molecule has 0 amide bonds. The molecule has 2 aliphatic rings. The molecule has 1 N–H and O–H groups in total. The van der Waals surface area contributed by atoms with Crippen molar-refractivity contribution in [2.24, 2.45) is 5.41 Å². The zero-order valence-electron chi connectivity index (χ0n) is 11.3. The second-order valence-corrected chi connectivity index (χ2v) is 9.17. The summed E-state index contributed by atoms with van der Waals surface area (Å²) in [5.41, 5.74) is 0.297. The van der Waals surface area contributed by atoms with Gasteiger partial charge in [0.25, 0.3) is 0 Å². The first-order chi connectivity index (χ1) is 7.70. The first-order valence-corrected chi connectivity index (χ1v) is 8.50. The molecule has 100 valence electrons. The third-order valence-electron chi connectivity index (χ3n) is 4.40. The molecule has 1 unspecified atom stereocenters. The third-order valence-corrected chi connectivity index (χ3v) is 6.30. The van der Waals surface area contributed by atoms with E-state index in [0.717, 1.165) is 6.42 Å². The third kappa shape index (κ3) is 3.44. The van der Waals surface area contributed by atoms with Gasteiger partial charge in [0.1, 0.15) is 0 Å². The van der Waals surface area contributed by atoms with Crippen molar-refractivity contribution in [2.75, 3.05) is 11.5 Å². The lowest BCUT2D eigenvalue weighted by Gasteiger charge is -2.38. The number of rotatable bonds is 2. The minimum absolute atomic E-state index is 0.176. The van der Waals surface area contributed by atoms with E-state index in [0.29, 0.717) is 23.0 Å². The highest BCUT2D eigenvalue weighted by Crippen LogP contribution is 2.36. The second kappa shape index (κ2) is 4.23. The van der Waals surface area contributed by atoms with Crippen molar-refractivity contribution >= 4 is 9.84 Å². The SMILES string of the molecule is CC1(C)CCC(NC2(C)CCS(=O)(=O)C2)CC1. The molecule has 1 saturated carbocycles. The molecule has 17 heavy (non-hydrogen) atoms. The fraction of sp³-hybridized carbons (Fsp3) is 1.00. The van der Waals surface area contributed by atoms with E-state index in [1.807, 2.05) is 0 Å². The van der Waals surface area contributed by atoms with Crippen LogP contribution in [0, 0.1) is 5.41 Å². The van der Waals surface area contributed by atoms with Crippen LogP contribution in [0.25, 0.3) is 0 Å². The van der Waals surface area contributed by atoms with Crippen LogP contribution in [0.1, 0.15) is 52.9 Å². The molecule has 1 heterocycles. The Kier molecular flexibility index (Phi) is 3.32. The van der Waals surface area contributed by atoms with Crippen LogP contribution in [0.4, 0.5) is 0 Å². The predicted octanol–water partition coefficient (Wildman–Crippen LogP) is 2.12. The molecule has 4 heteroatoms. The van der Waals surface area contributed by atoms with Gasteiger partial charge in [-0.25, -0.2) is 8.42 Å². The Hall–Kier alpha value is -0.0900. The zero-order valence-corrected chi connectivity index (χ0v) is 12.1. The van der Waals surface area contributed by atoms with E-state index >= 15 is 0 Å². The van der Waals surface area contributed by atoms with Gasteiger partial charge < -0.3 is 5.32 Å². The van der Waals surface area contributed by atoms with Gasteiger partial charge in [0.2, 0.25) is 0 Å². The summed E-state index contributed by atoms with van der Waals surface area (Å²) in [7, 11) is -2.79. The van der Waals surface area contributed by atoms with Gasteiger partial charge in [-0.2, -0.15) is 0 Å². The highest BCUT2D eigenvalue weighted by Gasteiger charge is 2.40. The van der Waals surface area contributed by atoms with Crippen LogP contribution >= 0.6 is 0 Å². The zero-order chi connectivity index (χ0) is 12.7. The van der Waals surface area contributed by atoms with Crippen molar-refractivity contribution in [3.05, 3.63) is 0 Å². The van der Waals surface area contributed by atoms with Gasteiger partial charge in [0, 0.05) is 11.6 Å². The molecule has 0 radical (unpaired) electrons. The van der Waals surface area contributed by atoms with E-state index in [-0.39, 0.29) is 5.54 Å². The maximum atomic E-state index is 11.6. The summed E-state index contributed by atoms with van der Waals surface area (Å²) in [5, 5.41) is 3.61. The second-order valence-electron chi connectivity index (χ2n) is 6.99. The quantitative estimate of drug-likeness (QED) is 0.826. The predicted molar refractivity (Wildman–Crippen MR) is 70.8 cm³/mol. The van der Waals surface area contributed by atoms with Crippen LogP contribution in [-0.4, -0.2) is 31.5 Å². The number of hydrogen-bond acceptors (Lipinski definition) is 3. The largest absolute Gasteiger partial charge is 0.308 e. The van der Waals surface area contributed by atoms with Crippen LogP contribution in [0.2, 0.25) is 0 Å². The molecule has 0 spiro atoms. The Morgan fingerprint density at radius 2 is 1.65 bits per heavy atom. The minimum Gasteiger partial charge on any atom is -0.308 e. The van der Waals surface area contributed by atoms with Crippen molar-refractivity contribution in [1.82, 2.24) is 5.32 Å². The molecule has 3 nitrogen and oxygen atoms in total. The minimum atomic E-state index is -2.79.